The maximum Gasteiger partial charge on any atom is 1.00 e. The Balaban J connectivity index is 0.00000400. The summed E-state index contributed by atoms with van der Waals surface area (Å²) in [6.45, 7) is 3.57. The van der Waals surface area contributed by atoms with Crippen molar-refractivity contribution in [1.82, 2.24) is 0 Å². The van der Waals surface area contributed by atoms with Gasteiger partial charge in [0.25, 0.3) is 0 Å². The Bertz CT molecular complexity index is 393. The van der Waals surface area contributed by atoms with Crippen LogP contribution in [0.2, 0.25) is 0 Å². The summed E-state index contributed by atoms with van der Waals surface area (Å²) in [6.07, 6.45) is 9.97. The van der Waals surface area contributed by atoms with E-state index in [2.05, 4.69) is 11.8 Å². The molecule has 0 bridgehead atoms. The minimum Gasteiger partial charge on any atom is -0.287 e. The first kappa shape index (κ1) is 21.1. The fourth-order valence-corrected chi connectivity index (χ4v) is 2.17. The molecule has 0 fully saturated rings. The van der Waals surface area contributed by atoms with E-state index in [9.17, 15) is 4.79 Å². The first-order valence-corrected chi connectivity index (χ1v) is 7.67. The normalized spacial score (nSPS) is 9.81. The first-order valence-electron chi connectivity index (χ1n) is 7.67. The van der Waals surface area contributed by atoms with Gasteiger partial charge in [0, 0.05) is 6.92 Å². The molecule has 0 aliphatic carbocycles. The predicted molar refractivity (Wildman–Crippen MR) is 80.5 cm³/mol. The minimum atomic E-state index is -0.435. The van der Waals surface area contributed by atoms with E-state index in [1.54, 1.807) is 0 Å². The van der Waals surface area contributed by atoms with E-state index < -0.39 is 5.97 Å². The fourth-order valence-electron chi connectivity index (χ4n) is 2.17. The second-order valence-electron chi connectivity index (χ2n) is 5.14. The molecule has 1 rings (SSSR count). The van der Waals surface area contributed by atoms with Gasteiger partial charge in [-0.25, -0.2) is 4.79 Å². The van der Waals surface area contributed by atoms with Crippen LogP contribution in [0.1, 0.15) is 64.4 Å². The first-order chi connectivity index (χ1) is 9.74. The van der Waals surface area contributed by atoms with Gasteiger partial charge in [0.05, 0.1) is 0 Å². The molecule has 1 aromatic carbocycles. The summed E-state index contributed by atoms with van der Waals surface area (Å²) in [5.41, 5.74) is 1.10. The van der Waals surface area contributed by atoms with E-state index in [1.807, 2.05) is 24.3 Å². The summed E-state index contributed by atoms with van der Waals surface area (Å²) >= 11 is 0. The molecule has 0 saturated heterocycles. The Morgan fingerprint density at radius 2 is 1.62 bits per heavy atom. The van der Waals surface area contributed by atoms with Crippen LogP contribution < -0.4 is 56.3 Å². The molecule has 0 radical (unpaired) electrons. The topological polar surface area (TPSA) is 35.5 Å². The predicted octanol–water partition coefficient (Wildman–Crippen LogP) is 1.84. The Hall–Kier alpha value is 0.126. The third kappa shape index (κ3) is 10.5. The van der Waals surface area contributed by atoms with Gasteiger partial charge in [0.15, 0.2) is 5.75 Å². The molecule has 0 aromatic heterocycles. The van der Waals surface area contributed by atoms with Crippen LogP contribution in [-0.4, -0.2) is 5.97 Å². The van der Waals surface area contributed by atoms with Crippen LogP contribution in [0.25, 0.3) is 0 Å². The molecule has 21 heavy (non-hydrogen) atoms. The second kappa shape index (κ2) is 13.8. The van der Waals surface area contributed by atoms with Gasteiger partial charge in [-0.3, -0.25) is 9.78 Å². The zero-order valence-electron chi connectivity index (χ0n) is 13.7. The molecule has 0 unspecified atom stereocenters. The molecule has 0 saturated carbocycles. The number of aryl methyl sites for hydroxylation is 1. The van der Waals surface area contributed by atoms with Crippen LogP contribution in [0.15, 0.2) is 24.3 Å². The molecular formula is C17H26KO3+. The van der Waals surface area contributed by atoms with E-state index >= 15 is 0 Å². The van der Waals surface area contributed by atoms with Crippen LogP contribution >= 0.6 is 0 Å². The third-order valence-electron chi connectivity index (χ3n) is 3.27. The number of carbonyl (C=O) groups excluding carboxylic acids is 1. The molecule has 0 amide bonds. The molecule has 0 spiro atoms. The van der Waals surface area contributed by atoms with E-state index in [-0.39, 0.29) is 51.4 Å². The monoisotopic (exact) mass is 317 g/mol. The van der Waals surface area contributed by atoms with Crippen LogP contribution in [0, 0.1) is 0 Å². The molecule has 0 heterocycles. The molecule has 1 aromatic rings. The molecule has 0 aliphatic heterocycles. The van der Waals surface area contributed by atoms with Crippen LogP contribution in [0.4, 0.5) is 0 Å². The average Bonchev–Trinajstić information content (AvgIpc) is 2.45. The van der Waals surface area contributed by atoms with E-state index in [4.69, 9.17) is 4.89 Å². The zero-order valence-corrected chi connectivity index (χ0v) is 16.8. The number of carbonyl (C=O) groups is 1. The van der Waals surface area contributed by atoms with E-state index in [1.165, 1.54) is 45.4 Å². The molecular weight excluding hydrogens is 291 g/mol. The Morgan fingerprint density at radius 3 is 2.29 bits per heavy atom. The Labute approximate surface area is 171 Å². The van der Waals surface area contributed by atoms with Crippen LogP contribution in [-0.2, 0) is 16.1 Å². The Kier molecular flexibility index (Phi) is 13.8. The summed E-state index contributed by atoms with van der Waals surface area (Å²) in [4.78, 5) is 20.4. The number of para-hydroxylation sites is 1. The maximum atomic E-state index is 10.8. The molecule has 3 nitrogen and oxygen atoms in total. The van der Waals surface area contributed by atoms with Crippen molar-refractivity contribution in [2.45, 2.75) is 65.2 Å². The van der Waals surface area contributed by atoms with Gasteiger partial charge >= 0.3 is 57.4 Å². The van der Waals surface area contributed by atoms with Crippen LogP contribution in [0.3, 0.4) is 0 Å². The van der Waals surface area contributed by atoms with E-state index in [0.717, 1.165) is 18.4 Å². The van der Waals surface area contributed by atoms with Gasteiger partial charge < -0.3 is 0 Å². The number of rotatable bonds is 10. The minimum absolute atomic E-state index is 0. The SMILES string of the molecule is CCCCCCCCCc1ccccc1OOC(C)=O.[K+]. The summed E-state index contributed by atoms with van der Waals surface area (Å²) in [7, 11) is 0. The van der Waals surface area contributed by atoms with Gasteiger partial charge in [0.1, 0.15) is 0 Å². The average molecular weight is 317 g/mol. The van der Waals surface area contributed by atoms with Crippen molar-refractivity contribution in [3.05, 3.63) is 29.8 Å². The Morgan fingerprint density at radius 1 is 1.00 bits per heavy atom. The van der Waals surface area contributed by atoms with Crippen LogP contribution in [0.5, 0.6) is 5.75 Å². The molecule has 4 heteroatoms. The largest absolute Gasteiger partial charge is 1.00 e. The second-order valence-corrected chi connectivity index (χ2v) is 5.14. The van der Waals surface area contributed by atoms with Crippen molar-refractivity contribution < 1.29 is 66.0 Å². The maximum absolute atomic E-state index is 10.8. The summed E-state index contributed by atoms with van der Waals surface area (Å²) in [6, 6.07) is 7.72. The third-order valence-corrected chi connectivity index (χ3v) is 3.27. The molecule has 112 valence electrons. The van der Waals surface area contributed by atoms with Gasteiger partial charge in [-0.05, 0) is 24.5 Å². The summed E-state index contributed by atoms with van der Waals surface area (Å²) < 4.78 is 0. The molecule has 0 atom stereocenters. The van der Waals surface area contributed by atoms with E-state index in [0.29, 0.717) is 5.75 Å². The van der Waals surface area contributed by atoms with Crippen molar-refractivity contribution >= 4 is 5.97 Å². The number of hydrogen-bond donors (Lipinski definition) is 0. The van der Waals surface area contributed by atoms with Crippen molar-refractivity contribution in [1.29, 1.82) is 0 Å². The van der Waals surface area contributed by atoms with Gasteiger partial charge in [0.2, 0.25) is 0 Å². The number of unbranched alkanes of at least 4 members (excludes halogenated alkanes) is 6. The van der Waals surface area contributed by atoms with Crippen molar-refractivity contribution in [2.24, 2.45) is 0 Å². The van der Waals surface area contributed by atoms with Crippen molar-refractivity contribution in [2.75, 3.05) is 0 Å². The smallest absolute Gasteiger partial charge is 0.287 e. The van der Waals surface area contributed by atoms with Crippen molar-refractivity contribution in [3.8, 4) is 5.75 Å². The fraction of sp³-hybridized carbons (Fsp3) is 0.588. The standard InChI is InChI=1S/C17H26O3.K/c1-3-4-5-6-7-8-9-12-16-13-10-11-14-17(16)20-19-15(2)18;/h10-11,13-14H,3-9,12H2,1-2H3;/q;+1. The van der Waals surface area contributed by atoms with Gasteiger partial charge in [-0.1, -0.05) is 63.6 Å². The van der Waals surface area contributed by atoms with Gasteiger partial charge in [-0.2, -0.15) is 0 Å². The van der Waals surface area contributed by atoms with Gasteiger partial charge in [-0.15, -0.1) is 0 Å². The number of hydrogen-bond acceptors (Lipinski definition) is 3. The quantitative estimate of drug-likeness (QED) is 0.286. The summed E-state index contributed by atoms with van der Waals surface area (Å²) in [5, 5.41) is 0. The molecule has 0 aliphatic rings. The summed E-state index contributed by atoms with van der Waals surface area (Å²) in [5.74, 6) is 0.212. The molecule has 0 N–H and O–H groups in total. The number of benzene rings is 1. The van der Waals surface area contributed by atoms with Crippen molar-refractivity contribution in [3.63, 3.8) is 0 Å². The zero-order chi connectivity index (χ0) is 14.6.